The molecule has 2 heterocycles. The van der Waals surface area contributed by atoms with Gasteiger partial charge in [-0.3, -0.25) is 4.79 Å². The number of nitrogens with one attached hydrogen (secondary N) is 5. The van der Waals surface area contributed by atoms with Crippen molar-refractivity contribution in [2.24, 2.45) is 5.73 Å². The van der Waals surface area contributed by atoms with E-state index in [9.17, 15) is 59.7 Å². The lowest BCUT2D eigenvalue weighted by molar-refractivity contribution is -0.334. The number of hydrogen-bond acceptors (Lipinski definition) is 21. The van der Waals surface area contributed by atoms with Gasteiger partial charge in [0.25, 0.3) is 0 Å². The van der Waals surface area contributed by atoms with Crippen LogP contribution in [0, 0.1) is 0 Å². The highest BCUT2D eigenvalue weighted by Crippen LogP contribution is 2.33. The van der Waals surface area contributed by atoms with Crippen LogP contribution in [0.1, 0.15) is 46.5 Å². The normalized spacial score (nSPS) is 30.8. The van der Waals surface area contributed by atoms with Gasteiger partial charge >= 0.3 is 24.4 Å². The second kappa shape index (κ2) is 29.8. The number of carbonyl (C=O) groups excluding carboxylic acids is 5. The van der Waals surface area contributed by atoms with Crippen molar-refractivity contribution in [3.8, 4) is 0 Å². The SMILES string of the molecule is CC(C)(C)OC(=O)N[C@@H](CCCCN)C(=O)NC[C@H]1O[C@@H](O[C@@H]2[C@H](O)[C@@H](O[C@@H]3O[C@H](CO)[C@@H](O)[C@H](NC(=O)OCC[Si](C)(C)C)[C@H]3O)[C@H](NC(=O)OCC[Si](C)(C)C)C[C@@H]2NC(=O)OCC[Si](C)(C)C)[C@H](O)[C@@H](O)[C@@H]1O. The minimum absolute atomic E-state index is 0.0259. The van der Waals surface area contributed by atoms with Crippen LogP contribution in [0.4, 0.5) is 19.2 Å². The van der Waals surface area contributed by atoms with Crippen molar-refractivity contribution < 1.29 is 97.6 Å². The predicted octanol–water partition coefficient (Wildman–Crippen LogP) is 0.206. The molecule has 0 radical (unpaired) electrons. The van der Waals surface area contributed by atoms with Crippen LogP contribution in [0.15, 0.2) is 0 Å². The third kappa shape index (κ3) is 22.8. The molecule has 3 aliphatic rings. The minimum atomic E-state index is -2.04. The number of aliphatic hydroxyl groups is 7. The van der Waals surface area contributed by atoms with E-state index in [1.807, 2.05) is 0 Å². The maximum atomic E-state index is 13.6. The van der Waals surface area contributed by atoms with Crippen molar-refractivity contribution in [2.75, 3.05) is 39.5 Å². The molecule has 0 unspecified atom stereocenters. The van der Waals surface area contributed by atoms with E-state index >= 15 is 0 Å². The summed E-state index contributed by atoms with van der Waals surface area (Å²) < 4.78 is 46.1. The summed E-state index contributed by atoms with van der Waals surface area (Å²) in [6.07, 6.45) is -24.8. The summed E-state index contributed by atoms with van der Waals surface area (Å²) in [6, 6.07) is -3.61. The van der Waals surface area contributed by atoms with Crippen LogP contribution >= 0.6 is 0 Å². The third-order valence-electron chi connectivity index (χ3n) is 12.7. The molecule has 0 bridgehead atoms. The van der Waals surface area contributed by atoms with Gasteiger partial charge in [0.1, 0.15) is 72.7 Å². The molecule has 26 nitrogen and oxygen atoms in total. The Morgan fingerprint density at radius 3 is 1.51 bits per heavy atom. The summed E-state index contributed by atoms with van der Waals surface area (Å²) in [7, 11) is -5.06. The molecule has 0 aromatic heterocycles. The Labute approximate surface area is 449 Å². The molecular weight excluding hydrogens is 1050 g/mol. The first-order valence-corrected chi connectivity index (χ1v) is 37.3. The number of carbonyl (C=O) groups is 5. The van der Waals surface area contributed by atoms with E-state index in [-0.39, 0.29) is 32.7 Å². The zero-order chi connectivity index (χ0) is 57.5. The number of nitrogens with two attached hydrogens (primary N) is 1. The maximum absolute atomic E-state index is 13.6. The van der Waals surface area contributed by atoms with E-state index in [1.54, 1.807) is 20.8 Å². The fourth-order valence-corrected chi connectivity index (χ4v) is 10.3. The average molecular weight is 1150 g/mol. The molecule has 5 amide bonds. The van der Waals surface area contributed by atoms with Crippen LogP contribution in [-0.4, -0.2) is 233 Å². The fourth-order valence-electron chi connectivity index (χ4n) is 8.16. The summed E-state index contributed by atoms with van der Waals surface area (Å²) in [5, 5.41) is 92.2. The molecule has 442 valence electrons. The molecule has 0 aromatic rings. The van der Waals surface area contributed by atoms with Crippen molar-refractivity contribution in [1.82, 2.24) is 26.6 Å². The standard InChI is InChI=1S/C47H92N6O20Si3/c1-47(2,3)73-46(65)50-26(15-13-14-16-48)40(61)49-24-29-33(56)35(58)36(59)42(69-29)72-39-28(52-44(63)67-18-21-75(7,8)9)23-27(51-43(62)66-17-20-74(4,5)6)38(37(39)60)71-41-34(57)31(32(55)30(25-54)70-41)53-45(64)68-19-22-76(10,11)12/h26-39,41-42,54-60H,13-25,48H2,1-12H3,(H,49,61)(H,50,65)(H,51,62)(H,52,63)(H,53,64)/t26-,27+,28-,29+,30+,31-,32+,33+,34+,35-,36+,37+,38-,39-,41-,42-/m0/s1. The van der Waals surface area contributed by atoms with E-state index in [0.717, 1.165) is 0 Å². The van der Waals surface area contributed by atoms with E-state index in [2.05, 4.69) is 85.5 Å². The topological polar surface area (TPSA) is 387 Å². The average Bonchev–Trinajstić information content (AvgIpc) is 3.28. The Kier molecular flexibility index (Phi) is 26.3. The Balaban J connectivity index is 2.03. The zero-order valence-electron chi connectivity index (χ0n) is 46.4. The van der Waals surface area contributed by atoms with E-state index in [1.165, 1.54) is 0 Å². The molecule has 2 saturated heterocycles. The highest BCUT2D eigenvalue weighted by Gasteiger charge is 2.54. The van der Waals surface area contributed by atoms with Gasteiger partial charge in [0.05, 0.1) is 44.6 Å². The summed E-state index contributed by atoms with van der Waals surface area (Å²) in [5.74, 6) is -0.714. The second-order valence-corrected chi connectivity index (χ2v) is 41.3. The lowest BCUT2D eigenvalue weighted by atomic mass is 9.83. The first-order valence-electron chi connectivity index (χ1n) is 26.2. The monoisotopic (exact) mass is 1140 g/mol. The lowest BCUT2D eigenvalue weighted by Crippen LogP contribution is -2.70. The summed E-state index contributed by atoms with van der Waals surface area (Å²) in [6.45, 7) is 22.7. The van der Waals surface area contributed by atoms with Crippen molar-refractivity contribution >= 4 is 54.5 Å². The smallest absolute Gasteiger partial charge is 0.408 e. The van der Waals surface area contributed by atoms with Crippen LogP contribution in [0.3, 0.4) is 0 Å². The van der Waals surface area contributed by atoms with Gasteiger partial charge in [-0.1, -0.05) is 58.9 Å². The second-order valence-electron chi connectivity index (χ2n) is 24.4. The van der Waals surface area contributed by atoms with Gasteiger partial charge in [0.15, 0.2) is 12.6 Å². The van der Waals surface area contributed by atoms with E-state index < -0.39 is 171 Å². The molecule has 0 spiro atoms. The van der Waals surface area contributed by atoms with Gasteiger partial charge in [-0.2, -0.15) is 0 Å². The van der Waals surface area contributed by atoms with E-state index in [0.29, 0.717) is 37.5 Å². The molecule has 0 aromatic carbocycles. The predicted molar refractivity (Wildman–Crippen MR) is 283 cm³/mol. The molecule has 29 heteroatoms. The maximum Gasteiger partial charge on any atom is 0.408 e. The fraction of sp³-hybridized carbons (Fsp3) is 0.894. The van der Waals surface area contributed by atoms with Crippen molar-refractivity contribution in [1.29, 1.82) is 0 Å². The van der Waals surface area contributed by atoms with Crippen molar-refractivity contribution in [3.05, 3.63) is 0 Å². The number of alkyl carbamates (subject to hydrolysis) is 4. The highest BCUT2D eigenvalue weighted by molar-refractivity contribution is 6.76. The number of ether oxygens (including phenoxy) is 8. The quantitative estimate of drug-likeness (QED) is 0.0330. The van der Waals surface area contributed by atoms with Crippen molar-refractivity contribution in [3.63, 3.8) is 0 Å². The van der Waals surface area contributed by atoms with Crippen LogP contribution in [0.5, 0.6) is 0 Å². The molecular formula is C47H92N6O20Si3. The highest BCUT2D eigenvalue weighted by atomic mass is 28.3. The van der Waals surface area contributed by atoms with Gasteiger partial charge in [0.2, 0.25) is 5.91 Å². The van der Waals surface area contributed by atoms with Crippen LogP contribution in [0.2, 0.25) is 77.1 Å². The molecule has 1 aliphatic carbocycles. The number of amides is 5. The number of hydrogen-bond donors (Lipinski definition) is 13. The minimum Gasteiger partial charge on any atom is -0.450 e. The number of rotatable bonds is 25. The summed E-state index contributed by atoms with van der Waals surface area (Å²) in [4.78, 5) is 66.4. The molecule has 3 rings (SSSR count). The largest absolute Gasteiger partial charge is 0.450 e. The van der Waals surface area contributed by atoms with Gasteiger partial charge in [-0.05, 0) is 71.1 Å². The summed E-state index contributed by atoms with van der Waals surface area (Å²) >= 11 is 0. The van der Waals surface area contributed by atoms with Crippen LogP contribution in [0.25, 0.3) is 0 Å². The van der Waals surface area contributed by atoms with Crippen LogP contribution in [-0.2, 0) is 42.7 Å². The number of aliphatic hydroxyl groups excluding tert-OH is 7. The molecule has 16 atom stereocenters. The first-order chi connectivity index (χ1) is 35.1. The molecule has 76 heavy (non-hydrogen) atoms. The number of unbranched alkanes of at least 4 members (excludes halogenated alkanes) is 1. The third-order valence-corrected chi connectivity index (χ3v) is 17.8. The molecule has 2 aliphatic heterocycles. The summed E-state index contributed by atoms with van der Waals surface area (Å²) in [5.41, 5.74) is 4.78. The zero-order valence-corrected chi connectivity index (χ0v) is 49.4. The Morgan fingerprint density at radius 2 is 1.07 bits per heavy atom. The lowest BCUT2D eigenvalue weighted by Gasteiger charge is -2.49. The van der Waals surface area contributed by atoms with Crippen molar-refractivity contribution in [2.45, 2.75) is 227 Å². The Bertz CT molecular complexity index is 1840. The molecule has 3 fully saturated rings. The molecule has 14 N–H and O–H groups in total. The van der Waals surface area contributed by atoms with Gasteiger partial charge < -0.3 is 106 Å². The van der Waals surface area contributed by atoms with Crippen LogP contribution < -0.4 is 32.3 Å². The molecule has 1 saturated carbocycles. The first kappa shape index (κ1) is 67.0. The Morgan fingerprint density at radius 1 is 0.605 bits per heavy atom. The Hall–Kier alpha value is -3.28. The van der Waals surface area contributed by atoms with Gasteiger partial charge in [0, 0.05) is 30.8 Å². The van der Waals surface area contributed by atoms with Gasteiger partial charge in [-0.25, -0.2) is 19.2 Å². The van der Waals surface area contributed by atoms with E-state index in [4.69, 9.17) is 43.6 Å². The van der Waals surface area contributed by atoms with Gasteiger partial charge in [-0.15, -0.1) is 0 Å².